The number of halogens is 2. The second kappa shape index (κ2) is 9.09. The van der Waals surface area contributed by atoms with E-state index in [0.29, 0.717) is 17.9 Å². The standard InChI is InChI=1S/C17H20Cl2N2O5/c1-9(26-14-7-6-10(18)8-13(14)19)15(22)20-21-16(23)11-4-2-3-5-12(11)17(24)25/h6-9,11-12H,2-5H2,1H3,(H,20,22)(H,21,23)(H,24,25)/t9-,11+,12-/m0/s1. The maximum atomic E-state index is 12.2. The van der Waals surface area contributed by atoms with Gasteiger partial charge in [-0.1, -0.05) is 36.0 Å². The van der Waals surface area contributed by atoms with Gasteiger partial charge in [-0.05, 0) is 38.0 Å². The molecule has 1 fully saturated rings. The van der Waals surface area contributed by atoms with Crippen LogP contribution in [0, 0.1) is 11.8 Å². The highest BCUT2D eigenvalue weighted by atomic mass is 35.5. The molecule has 0 aliphatic heterocycles. The van der Waals surface area contributed by atoms with Crippen molar-refractivity contribution in [1.29, 1.82) is 0 Å². The molecule has 7 nitrogen and oxygen atoms in total. The fraction of sp³-hybridized carbons (Fsp3) is 0.471. The van der Waals surface area contributed by atoms with E-state index >= 15 is 0 Å². The smallest absolute Gasteiger partial charge is 0.307 e. The van der Waals surface area contributed by atoms with Crippen LogP contribution >= 0.6 is 23.2 Å². The summed E-state index contributed by atoms with van der Waals surface area (Å²) in [5.41, 5.74) is 4.56. The van der Waals surface area contributed by atoms with Crippen LogP contribution in [0.2, 0.25) is 10.0 Å². The second-order valence-electron chi connectivity index (χ2n) is 6.15. The minimum Gasteiger partial charge on any atom is -0.481 e. The van der Waals surface area contributed by atoms with Gasteiger partial charge in [-0.15, -0.1) is 0 Å². The number of amides is 2. The van der Waals surface area contributed by atoms with E-state index in [0.717, 1.165) is 12.8 Å². The highest BCUT2D eigenvalue weighted by molar-refractivity contribution is 6.35. The number of carbonyl (C=O) groups is 3. The number of rotatable bonds is 5. The number of hydrogen-bond acceptors (Lipinski definition) is 4. The number of benzene rings is 1. The highest BCUT2D eigenvalue weighted by Crippen LogP contribution is 2.30. The van der Waals surface area contributed by atoms with E-state index in [-0.39, 0.29) is 10.8 Å². The van der Waals surface area contributed by atoms with Crippen molar-refractivity contribution < 1.29 is 24.2 Å². The Labute approximate surface area is 161 Å². The van der Waals surface area contributed by atoms with Crippen LogP contribution in [0.15, 0.2) is 18.2 Å². The van der Waals surface area contributed by atoms with Gasteiger partial charge < -0.3 is 9.84 Å². The molecule has 1 aromatic rings. The Kier molecular flexibility index (Phi) is 7.11. The first-order valence-electron chi connectivity index (χ1n) is 8.24. The molecule has 9 heteroatoms. The van der Waals surface area contributed by atoms with Gasteiger partial charge in [0.2, 0.25) is 5.91 Å². The predicted molar refractivity (Wildman–Crippen MR) is 95.9 cm³/mol. The molecule has 2 amide bonds. The summed E-state index contributed by atoms with van der Waals surface area (Å²) in [5, 5.41) is 9.92. The minimum absolute atomic E-state index is 0.257. The molecule has 3 N–H and O–H groups in total. The first-order valence-corrected chi connectivity index (χ1v) is 8.99. The maximum Gasteiger partial charge on any atom is 0.307 e. The molecule has 26 heavy (non-hydrogen) atoms. The van der Waals surface area contributed by atoms with E-state index in [4.69, 9.17) is 27.9 Å². The number of nitrogens with one attached hydrogen (secondary N) is 2. The minimum atomic E-state index is -0.995. The molecule has 3 atom stereocenters. The number of hydrogen-bond donors (Lipinski definition) is 3. The van der Waals surface area contributed by atoms with Crippen LogP contribution in [0.5, 0.6) is 5.75 Å². The number of aliphatic carboxylic acids is 1. The number of carbonyl (C=O) groups excluding carboxylic acids is 2. The van der Waals surface area contributed by atoms with Gasteiger partial charge in [-0.2, -0.15) is 0 Å². The lowest BCUT2D eigenvalue weighted by atomic mass is 9.79. The van der Waals surface area contributed by atoms with E-state index in [1.54, 1.807) is 6.07 Å². The zero-order valence-electron chi connectivity index (χ0n) is 14.1. The molecule has 0 heterocycles. The lowest BCUT2D eigenvalue weighted by Gasteiger charge is -2.27. The number of ether oxygens (including phenoxy) is 1. The molecular weight excluding hydrogens is 383 g/mol. The highest BCUT2D eigenvalue weighted by Gasteiger charge is 2.36. The molecule has 0 bridgehead atoms. The molecule has 1 aliphatic rings. The Morgan fingerprint density at radius 2 is 1.81 bits per heavy atom. The SMILES string of the molecule is C[C@H](Oc1ccc(Cl)cc1Cl)C(=O)NNC(=O)[C@@H]1CCCC[C@@H]1C(=O)O. The summed E-state index contributed by atoms with van der Waals surface area (Å²) in [6.07, 6.45) is 1.56. The molecule has 1 saturated carbocycles. The third kappa shape index (κ3) is 5.25. The number of carboxylic acids is 1. The predicted octanol–water partition coefficient (Wildman–Crippen LogP) is 2.80. The molecule has 2 rings (SSSR count). The Hall–Kier alpha value is -1.99. The summed E-state index contributed by atoms with van der Waals surface area (Å²) >= 11 is 11.8. The third-order valence-corrected chi connectivity index (χ3v) is 4.83. The van der Waals surface area contributed by atoms with Crippen LogP contribution in [-0.2, 0) is 14.4 Å². The molecule has 142 valence electrons. The molecule has 0 spiro atoms. The largest absolute Gasteiger partial charge is 0.481 e. The van der Waals surface area contributed by atoms with Crippen molar-refractivity contribution in [1.82, 2.24) is 10.9 Å². The molecule has 1 aliphatic carbocycles. The van der Waals surface area contributed by atoms with E-state index in [2.05, 4.69) is 10.9 Å². The fourth-order valence-electron chi connectivity index (χ4n) is 2.87. The summed E-state index contributed by atoms with van der Waals surface area (Å²) in [4.78, 5) is 35.6. The van der Waals surface area contributed by atoms with Crippen LogP contribution in [0.1, 0.15) is 32.6 Å². The van der Waals surface area contributed by atoms with E-state index in [1.807, 2.05) is 0 Å². The Morgan fingerprint density at radius 1 is 1.15 bits per heavy atom. The van der Waals surface area contributed by atoms with Gasteiger partial charge in [0, 0.05) is 5.02 Å². The zero-order valence-corrected chi connectivity index (χ0v) is 15.6. The van der Waals surface area contributed by atoms with E-state index in [1.165, 1.54) is 19.1 Å². The molecular formula is C17H20Cl2N2O5. The summed E-state index contributed by atoms with van der Waals surface area (Å²) < 4.78 is 5.45. The first kappa shape index (κ1) is 20.3. The molecule has 0 unspecified atom stereocenters. The quantitative estimate of drug-likeness (QED) is 0.656. The zero-order chi connectivity index (χ0) is 19.3. The average Bonchev–Trinajstić information content (AvgIpc) is 2.61. The van der Waals surface area contributed by atoms with Gasteiger partial charge in [0.25, 0.3) is 5.91 Å². The van der Waals surface area contributed by atoms with Gasteiger partial charge >= 0.3 is 5.97 Å². The average molecular weight is 403 g/mol. The van der Waals surface area contributed by atoms with Gasteiger partial charge in [0.1, 0.15) is 5.75 Å². The summed E-state index contributed by atoms with van der Waals surface area (Å²) in [6.45, 7) is 1.49. The maximum absolute atomic E-state index is 12.2. The second-order valence-corrected chi connectivity index (χ2v) is 6.99. The van der Waals surface area contributed by atoms with Crippen molar-refractivity contribution in [3.8, 4) is 5.75 Å². The summed E-state index contributed by atoms with van der Waals surface area (Å²) in [7, 11) is 0. The van der Waals surface area contributed by atoms with Crippen LogP contribution in [-0.4, -0.2) is 29.0 Å². The normalized spacial score (nSPS) is 20.7. The summed E-state index contributed by atoms with van der Waals surface area (Å²) in [5.74, 6) is -3.21. The molecule has 0 aromatic heterocycles. The first-order chi connectivity index (χ1) is 12.3. The number of hydrazine groups is 1. The topological polar surface area (TPSA) is 105 Å². The van der Waals surface area contributed by atoms with E-state index < -0.39 is 35.7 Å². The molecule has 1 aromatic carbocycles. The third-order valence-electron chi connectivity index (χ3n) is 4.30. The fourth-order valence-corrected chi connectivity index (χ4v) is 3.33. The molecule has 0 radical (unpaired) electrons. The lowest BCUT2D eigenvalue weighted by Crippen LogP contribution is -2.51. The van der Waals surface area contributed by atoms with Crippen LogP contribution in [0.25, 0.3) is 0 Å². The van der Waals surface area contributed by atoms with Gasteiger partial charge in [0.15, 0.2) is 6.10 Å². The van der Waals surface area contributed by atoms with Crippen LogP contribution in [0.4, 0.5) is 0 Å². The van der Waals surface area contributed by atoms with E-state index in [9.17, 15) is 19.5 Å². The van der Waals surface area contributed by atoms with Crippen LogP contribution in [0.3, 0.4) is 0 Å². The van der Waals surface area contributed by atoms with Gasteiger partial charge in [-0.3, -0.25) is 25.2 Å². The monoisotopic (exact) mass is 402 g/mol. The van der Waals surface area contributed by atoms with Crippen LogP contribution < -0.4 is 15.6 Å². The molecule has 0 saturated heterocycles. The van der Waals surface area contributed by atoms with Crippen molar-refractivity contribution in [3.05, 3.63) is 28.2 Å². The number of carboxylic acid groups (broad SMARTS) is 1. The summed E-state index contributed by atoms with van der Waals surface area (Å²) in [6, 6.07) is 4.59. The van der Waals surface area contributed by atoms with Crippen molar-refractivity contribution in [3.63, 3.8) is 0 Å². The Balaban J connectivity index is 1.88. The van der Waals surface area contributed by atoms with Crippen molar-refractivity contribution in [2.24, 2.45) is 11.8 Å². The van der Waals surface area contributed by atoms with Gasteiger partial charge in [0.05, 0.1) is 16.9 Å². The van der Waals surface area contributed by atoms with Crippen molar-refractivity contribution in [2.75, 3.05) is 0 Å². The van der Waals surface area contributed by atoms with Crippen molar-refractivity contribution >= 4 is 41.0 Å². The Morgan fingerprint density at radius 3 is 2.42 bits per heavy atom. The van der Waals surface area contributed by atoms with Crippen molar-refractivity contribution in [2.45, 2.75) is 38.7 Å². The Bertz CT molecular complexity index is 698. The van der Waals surface area contributed by atoms with Gasteiger partial charge in [-0.25, -0.2) is 0 Å². The lowest BCUT2D eigenvalue weighted by molar-refractivity contribution is -0.149.